The summed E-state index contributed by atoms with van der Waals surface area (Å²) in [7, 11) is 0. The molecule has 0 aromatic heterocycles. The number of fused-ring (bicyclic) bond motifs is 1. The predicted octanol–water partition coefficient (Wildman–Crippen LogP) is 6.17. The first-order valence-corrected chi connectivity index (χ1v) is 8.65. The molecule has 0 fully saturated rings. The molecule has 2 atom stereocenters. The highest BCUT2D eigenvalue weighted by Crippen LogP contribution is 2.43. The zero-order valence-electron chi connectivity index (χ0n) is 12.8. The molecular formula is C17H24BrClO. The van der Waals surface area contributed by atoms with Gasteiger partial charge in [0.15, 0.2) is 0 Å². The lowest BCUT2D eigenvalue weighted by atomic mass is 9.83. The molecule has 0 saturated heterocycles. The van der Waals surface area contributed by atoms with E-state index in [1.54, 1.807) is 0 Å². The van der Waals surface area contributed by atoms with Crippen molar-refractivity contribution in [1.82, 2.24) is 0 Å². The van der Waals surface area contributed by atoms with Gasteiger partial charge in [-0.2, -0.15) is 0 Å². The lowest BCUT2D eigenvalue weighted by molar-refractivity contribution is 0.295. The van der Waals surface area contributed by atoms with E-state index in [4.69, 9.17) is 16.3 Å². The van der Waals surface area contributed by atoms with E-state index in [-0.39, 0.29) is 0 Å². The van der Waals surface area contributed by atoms with Crippen molar-refractivity contribution in [3.05, 3.63) is 28.3 Å². The van der Waals surface area contributed by atoms with Crippen LogP contribution in [0.3, 0.4) is 0 Å². The first-order valence-electron chi connectivity index (χ1n) is 7.35. The predicted molar refractivity (Wildman–Crippen MR) is 90.2 cm³/mol. The van der Waals surface area contributed by atoms with Crippen LogP contribution >= 0.6 is 27.5 Å². The molecule has 112 valence electrons. The Labute approximate surface area is 136 Å². The van der Waals surface area contributed by atoms with E-state index in [0.717, 1.165) is 30.2 Å². The van der Waals surface area contributed by atoms with Gasteiger partial charge < -0.3 is 4.74 Å². The van der Waals surface area contributed by atoms with Crippen molar-refractivity contribution in [2.24, 2.45) is 11.3 Å². The minimum absolute atomic E-state index is 0.311. The summed E-state index contributed by atoms with van der Waals surface area (Å²) >= 11 is 10.1. The lowest BCUT2D eigenvalue weighted by Crippen LogP contribution is -2.12. The van der Waals surface area contributed by atoms with Gasteiger partial charge in [0.05, 0.1) is 6.61 Å². The summed E-state index contributed by atoms with van der Waals surface area (Å²) in [6.07, 6.45) is 3.30. The molecule has 1 nitrogen and oxygen atoms in total. The van der Waals surface area contributed by atoms with E-state index < -0.39 is 0 Å². The van der Waals surface area contributed by atoms with Gasteiger partial charge in [-0.05, 0) is 41.9 Å². The third-order valence-corrected chi connectivity index (χ3v) is 4.77. The van der Waals surface area contributed by atoms with Crippen molar-refractivity contribution in [3.8, 4) is 5.75 Å². The first kappa shape index (κ1) is 16.2. The smallest absolute Gasteiger partial charge is 0.127 e. The summed E-state index contributed by atoms with van der Waals surface area (Å²) in [5.41, 5.74) is 2.84. The normalized spacial score (nSPS) is 17.5. The van der Waals surface area contributed by atoms with E-state index in [2.05, 4.69) is 49.7 Å². The average molecular weight is 360 g/mol. The molecule has 0 aliphatic carbocycles. The maximum Gasteiger partial charge on any atom is 0.127 e. The van der Waals surface area contributed by atoms with Gasteiger partial charge in [0.2, 0.25) is 0 Å². The van der Waals surface area contributed by atoms with E-state index in [1.165, 1.54) is 17.5 Å². The Morgan fingerprint density at radius 3 is 2.70 bits per heavy atom. The van der Waals surface area contributed by atoms with Gasteiger partial charge in [-0.3, -0.25) is 0 Å². The van der Waals surface area contributed by atoms with Gasteiger partial charge in [-0.1, -0.05) is 55.2 Å². The van der Waals surface area contributed by atoms with E-state index in [9.17, 15) is 0 Å². The van der Waals surface area contributed by atoms with Crippen LogP contribution in [-0.2, 0) is 6.42 Å². The fourth-order valence-corrected chi connectivity index (χ4v) is 4.37. The number of hydrogen-bond acceptors (Lipinski definition) is 1. The standard InChI is InChI=1S/C17H24BrClO/c1-11(10-17(2,3)4)7-15(18)14-9-13(19)8-12-5-6-20-16(12)14/h8-9,11,15H,5-7,10H2,1-4H3. The Kier molecular flexibility index (Phi) is 5.07. The molecule has 0 bridgehead atoms. The molecule has 1 heterocycles. The maximum atomic E-state index is 6.24. The van der Waals surface area contributed by atoms with Gasteiger partial charge in [-0.15, -0.1) is 0 Å². The Morgan fingerprint density at radius 1 is 1.35 bits per heavy atom. The molecule has 3 heteroatoms. The summed E-state index contributed by atoms with van der Waals surface area (Å²) in [4.78, 5) is 0.311. The molecule has 1 aromatic carbocycles. The van der Waals surface area contributed by atoms with Crippen LogP contribution in [0, 0.1) is 11.3 Å². The van der Waals surface area contributed by atoms with Crippen molar-refractivity contribution in [2.45, 2.75) is 51.8 Å². The molecular weight excluding hydrogens is 336 g/mol. The van der Waals surface area contributed by atoms with E-state index in [1.807, 2.05) is 6.07 Å². The van der Waals surface area contributed by atoms with Gasteiger partial charge in [0.25, 0.3) is 0 Å². The highest BCUT2D eigenvalue weighted by Gasteiger charge is 2.24. The fraction of sp³-hybridized carbons (Fsp3) is 0.647. The van der Waals surface area contributed by atoms with Crippen LogP contribution in [-0.4, -0.2) is 6.61 Å². The second kappa shape index (κ2) is 6.27. The summed E-state index contributed by atoms with van der Waals surface area (Å²) < 4.78 is 5.80. The second-order valence-corrected chi connectivity index (χ2v) is 8.70. The largest absolute Gasteiger partial charge is 0.493 e. The fourth-order valence-electron chi connectivity index (χ4n) is 3.14. The lowest BCUT2D eigenvalue weighted by Gasteiger charge is -2.25. The third-order valence-electron chi connectivity index (χ3n) is 3.68. The molecule has 20 heavy (non-hydrogen) atoms. The zero-order valence-corrected chi connectivity index (χ0v) is 15.1. The third kappa shape index (κ3) is 4.14. The maximum absolute atomic E-state index is 6.24. The van der Waals surface area contributed by atoms with E-state index >= 15 is 0 Å². The average Bonchev–Trinajstić information content (AvgIpc) is 2.72. The highest BCUT2D eigenvalue weighted by atomic mass is 79.9. The first-order chi connectivity index (χ1) is 9.26. The van der Waals surface area contributed by atoms with Crippen LogP contribution in [0.4, 0.5) is 0 Å². The molecule has 0 N–H and O–H groups in total. The van der Waals surface area contributed by atoms with Crippen LogP contribution in [0.15, 0.2) is 12.1 Å². The highest BCUT2D eigenvalue weighted by molar-refractivity contribution is 9.09. The van der Waals surface area contributed by atoms with Gasteiger partial charge in [0, 0.05) is 21.8 Å². The second-order valence-electron chi connectivity index (χ2n) is 7.15. The summed E-state index contributed by atoms with van der Waals surface area (Å²) in [6, 6.07) is 4.08. The van der Waals surface area contributed by atoms with E-state index in [0.29, 0.717) is 16.2 Å². The van der Waals surface area contributed by atoms with Gasteiger partial charge >= 0.3 is 0 Å². The molecule has 0 amide bonds. The summed E-state index contributed by atoms with van der Waals surface area (Å²) in [6.45, 7) is 10.00. The molecule has 0 spiro atoms. The Balaban J connectivity index is 2.12. The number of benzene rings is 1. The van der Waals surface area contributed by atoms with Gasteiger partial charge in [0.1, 0.15) is 5.75 Å². The molecule has 1 aliphatic heterocycles. The van der Waals surface area contributed by atoms with Crippen molar-refractivity contribution in [2.75, 3.05) is 6.61 Å². The van der Waals surface area contributed by atoms with Crippen LogP contribution in [0.5, 0.6) is 5.75 Å². The summed E-state index contributed by atoms with van der Waals surface area (Å²) in [5, 5.41) is 0.817. The van der Waals surface area contributed by atoms with Crippen molar-refractivity contribution >= 4 is 27.5 Å². The van der Waals surface area contributed by atoms with Gasteiger partial charge in [-0.25, -0.2) is 0 Å². The monoisotopic (exact) mass is 358 g/mol. The Hall–Kier alpha value is -0.210. The van der Waals surface area contributed by atoms with Crippen molar-refractivity contribution in [3.63, 3.8) is 0 Å². The molecule has 1 aliphatic rings. The molecule has 2 rings (SSSR count). The summed E-state index contributed by atoms with van der Waals surface area (Å²) in [5.74, 6) is 1.72. The van der Waals surface area contributed by atoms with Crippen LogP contribution < -0.4 is 4.74 Å². The number of ether oxygens (including phenoxy) is 1. The minimum atomic E-state index is 0.311. The molecule has 0 radical (unpaired) electrons. The van der Waals surface area contributed by atoms with Crippen molar-refractivity contribution < 1.29 is 4.74 Å². The number of rotatable bonds is 4. The number of hydrogen-bond donors (Lipinski definition) is 0. The number of halogens is 2. The van der Waals surface area contributed by atoms with Crippen LogP contribution in [0.25, 0.3) is 0 Å². The SMILES string of the molecule is CC(CC(Br)c1cc(Cl)cc2c1OCC2)CC(C)(C)C. The quantitative estimate of drug-likeness (QED) is 0.584. The Bertz CT molecular complexity index is 479. The topological polar surface area (TPSA) is 9.23 Å². The molecule has 0 saturated carbocycles. The molecule has 2 unspecified atom stereocenters. The number of alkyl halides is 1. The Morgan fingerprint density at radius 2 is 2.05 bits per heavy atom. The minimum Gasteiger partial charge on any atom is -0.493 e. The van der Waals surface area contributed by atoms with Crippen molar-refractivity contribution in [1.29, 1.82) is 0 Å². The molecule has 1 aromatic rings. The van der Waals surface area contributed by atoms with Crippen LogP contribution in [0.1, 0.15) is 56.5 Å². The zero-order chi connectivity index (χ0) is 14.9. The van der Waals surface area contributed by atoms with Crippen LogP contribution in [0.2, 0.25) is 5.02 Å².